The van der Waals surface area contributed by atoms with E-state index in [1.807, 2.05) is 30.3 Å². The van der Waals surface area contributed by atoms with Crippen molar-refractivity contribution in [3.05, 3.63) is 70.6 Å². The molecule has 2 heterocycles. The molecule has 3 rings (SSSR count). The number of carbonyl (C=O) groups is 1. The molecule has 0 bridgehead atoms. The van der Waals surface area contributed by atoms with Crippen LogP contribution in [-0.4, -0.2) is 27.2 Å². The fourth-order valence-electron chi connectivity index (χ4n) is 2.58. The molecule has 0 spiro atoms. The summed E-state index contributed by atoms with van der Waals surface area (Å²) in [6.07, 6.45) is -2.22. The first-order chi connectivity index (χ1) is 12.2. The second-order valence-corrected chi connectivity index (χ2v) is 6.36. The van der Waals surface area contributed by atoms with Gasteiger partial charge in [0.1, 0.15) is 0 Å². The van der Waals surface area contributed by atoms with E-state index >= 15 is 0 Å². The van der Waals surface area contributed by atoms with E-state index < -0.39 is 11.7 Å². The summed E-state index contributed by atoms with van der Waals surface area (Å²) in [5.41, 5.74) is 0.659. The number of alkyl halides is 3. The maximum atomic E-state index is 12.9. The molecule has 0 saturated heterocycles. The summed E-state index contributed by atoms with van der Waals surface area (Å²) < 4.78 is 39.8. The van der Waals surface area contributed by atoms with Crippen molar-refractivity contribution in [2.24, 2.45) is 0 Å². The van der Waals surface area contributed by atoms with Gasteiger partial charge in [0.15, 0.2) is 5.65 Å². The zero-order chi connectivity index (χ0) is 18.9. The number of nitrogens with zero attached hydrogens (tertiary/aromatic N) is 3. The molecule has 136 valence electrons. The Bertz CT molecular complexity index is 938. The molecule has 4 nitrogen and oxygen atoms in total. The lowest BCUT2D eigenvalue weighted by Crippen LogP contribution is -2.27. The second kappa shape index (κ2) is 6.99. The number of benzene rings is 1. The second-order valence-electron chi connectivity index (χ2n) is 5.95. The number of likely N-dealkylation sites (N-methyl/N-ethyl adjacent to an activating group) is 1. The van der Waals surface area contributed by atoms with E-state index in [1.54, 1.807) is 11.9 Å². The maximum Gasteiger partial charge on any atom is 0.417 e. The Kier molecular flexibility index (Phi) is 4.91. The Morgan fingerprint density at radius 1 is 1.23 bits per heavy atom. The molecule has 26 heavy (non-hydrogen) atoms. The molecule has 0 atom stereocenters. The van der Waals surface area contributed by atoms with Crippen LogP contribution in [0.5, 0.6) is 0 Å². The van der Waals surface area contributed by atoms with Crippen LogP contribution in [0.2, 0.25) is 5.02 Å². The van der Waals surface area contributed by atoms with Crippen molar-refractivity contribution in [3.63, 3.8) is 0 Å². The third kappa shape index (κ3) is 3.99. The smallest absolute Gasteiger partial charge is 0.341 e. The molecule has 0 unspecified atom stereocenters. The van der Waals surface area contributed by atoms with Gasteiger partial charge in [-0.25, -0.2) is 4.98 Å². The molecule has 0 fully saturated rings. The van der Waals surface area contributed by atoms with Crippen LogP contribution in [0, 0.1) is 0 Å². The van der Waals surface area contributed by atoms with Crippen LogP contribution in [-0.2, 0) is 23.9 Å². The van der Waals surface area contributed by atoms with Crippen molar-refractivity contribution in [2.75, 3.05) is 7.05 Å². The first kappa shape index (κ1) is 18.3. The van der Waals surface area contributed by atoms with Crippen LogP contribution in [0.25, 0.3) is 5.65 Å². The topological polar surface area (TPSA) is 37.6 Å². The van der Waals surface area contributed by atoms with Gasteiger partial charge in [-0.1, -0.05) is 41.9 Å². The summed E-state index contributed by atoms with van der Waals surface area (Å²) in [5, 5.41) is -0.115. The van der Waals surface area contributed by atoms with E-state index in [4.69, 9.17) is 11.6 Å². The Balaban J connectivity index is 1.78. The summed E-state index contributed by atoms with van der Waals surface area (Å²) in [5.74, 6) is -0.190. The number of hydrogen-bond donors (Lipinski definition) is 0. The molecule has 1 amide bonds. The fourth-order valence-corrected chi connectivity index (χ4v) is 2.84. The van der Waals surface area contributed by atoms with E-state index in [2.05, 4.69) is 4.98 Å². The number of carbonyl (C=O) groups excluding carboxylic acids is 1. The minimum Gasteiger partial charge on any atom is -0.341 e. The van der Waals surface area contributed by atoms with E-state index in [9.17, 15) is 18.0 Å². The molecule has 0 aliphatic carbocycles. The molecule has 3 aromatic rings. The van der Waals surface area contributed by atoms with Crippen LogP contribution in [0.1, 0.15) is 16.8 Å². The monoisotopic (exact) mass is 381 g/mol. The highest BCUT2D eigenvalue weighted by Gasteiger charge is 2.32. The highest BCUT2D eigenvalue weighted by Crippen LogP contribution is 2.32. The Morgan fingerprint density at radius 2 is 1.92 bits per heavy atom. The van der Waals surface area contributed by atoms with Crippen LogP contribution >= 0.6 is 11.6 Å². The van der Waals surface area contributed by atoms with Gasteiger partial charge < -0.3 is 9.30 Å². The molecule has 0 radical (unpaired) electrons. The number of fused-ring (bicyclic) bond motifs is 1. The van der Waals surface area contributed by atoms with E-state index in [0.29, 0.717) is 12.2 Å². The summed E-state index contributed by atoms with van der Waals surface area (Å²) in [6.45, 7) is 0.437. The summed E-state index contributed by atoms with van der Waals surface area (Å²) in [4.78, 5) is 18.1. The first-order valence-corrected chi connectivity index (χ1v) is 8.14. The quantitative estimate of drug-likeness (QED) is 0.679. The zero-order valence-corrected chi connectivity index (χ0v) is 14.6. The van der Waals surface area contributed by atoms with Crippen molar-refractivity contribution in [1.29, 1.82) is 0 Å². The molecule has 1 aromatic carbocycles. The summed E-state index contributed by atoms with van der Waals surface area (Å²) >= 11 is 5.91. The molecular formula is C18H15ClF3N3O. The predicted molar refractivity (Wildman–Crippen MR) is 91.8 cm³/mol. The van der Waals surface area contributed by atoms with Crippen molar-refractivity contribution in [1.82, 2.24) is 14.3 Å². The van der Waals surface area contributed by atoms with Crippen LogP contribution in [0.3, 0.4) is 0 Å². The average Bonchev–Trinajstić information content (AvgIpc) is 2.98. The lowest BCUT2D eigenvalue weighted by atomic mass is 10.2. The molecule has 8 heteroatoms. The van der Waals surface area contributed by atoms with Gasteiger partial charge in [0, 0.05) is 26.0 Å². The SMILES string of the molecule is CN(Cc1ccccc1)C(=O)Cc1cn2cc(C(F)(F)F)cc(Cl)c2n1. The van der Waals surface area contributed by atoms with Gasteiger partial charge in [-0.2, -0.15) is 13.2 Å². The number of hydrogen-bond acceptors (Lipinski definition) is 2. The summed E-state index contributed by atoms with van der Waals surface area (Å²) in [6, 6.07) is 10.3. The third-order valence-corrected chi connectivity index (χ3v) is 4.18. The Labute approximate surface area is 152 Å². The lowest BCUT2D eigenvalue weighted by molar-refractivity contribution is -0.137. The number of rotatable bonds is 4. The van der Waals surface area contributed by atoms with Gasteiger partial charge >= 0.3 is 6.18 Å². The lowest BCUT2D eigenvalue weighted by Gasteiger charge is -2.16. The maximum absolute atomic E-state index is 12.9. The third-order valence-electron chi connectivity index (χ3n) is 3.90. The predicted octanol–water partition coefficient (Wildman–Crippen LogP) is 4.21. The highest BCUT2D eigenvalue weighted by molar-refractivity contribution is 6.33. The summed E-state index contributed by atoms with van der Waals surface area (Å²) in [7, 11) is 1.67. The van der Waals surface area contributed by atoms with Crippen molar-refractivity contribution in [3.8, 4) is 0 Å². The van der Waals surface area contributed by atoms with Gasteiger partial charge in [0.25, 0.3) is 0 Å². The van der Waals surface area contributed by atoms with Gasteiger partial charge in [0.05, 0.1) is 22.7 Å². The average molecular weight is 382 g/mol. The van der Waals surface area contributed by atoms with Crippen molar-refractivity contribution in [2.45, 2.75) is 19.1 Å². The normalized spacial score (nSPS) is 11.7. The Morgan fingerprint density at radius 3 is 2.58 bits per heavy atom. The number of aromatic nitrogens is 2. The molecule has 0 aliphatic heterocycles. The minimum atomic E-state index is -4.51. The largest absolute Gasteiger partial charge is 0.417 e. The molecule has 0 saturated carbocycles. The van der Waals surface area contributed by atoms with Gasteiger partial charge in [-0.05, 0) is 11.6 Å². The molecule has 0 N–H and O–H groups in total. The molecular weight excluding hydrogens is 367 g/mol. The van der Waals surface area contributed by atoms with E-state index in [0.717, 1.165) is 17.8 Å². The van der Waals surface area contributed by atoms with Crippen molar-refractivity contribution >= 4 is 23.2 Å². The highest BCUT2D eigenvalue weighted by atomic mass is 35.5. The zero-order valence-electron chi connectivity index (χ0n) is 13.8. The minimum absolute atomic E-state index is 0.0251. The van der Waals surface area contributed by atoms with Gasteiger partial charge in [-0.3, -0.25) is 4.79 Å². The first-order valence-electron chi connectivity index (χ1n) is 7.76. The van der Waals surface area contributed by atoms with Gasteiger partial charge in [0.2, 0.25) is 5.91 Å². The van der Waals surface area contributed by atoms with Crippen LogP contribution < -0.4 is 0 Å². The van der Waals surface area contributed by atoms with E-state index in [-0.39, 0.29) is 23.0 Å². The van der Waals surface area contributed by atoms with Crippen LogP contribution in [0.15, 0.2) is 48.8 Å². The molecule has 0 aliphatic rings. The van der Waals surface area contributed by atoms with Gasteiger partial charge in [-0.15, -0.1) is 0 Å². The number of pyridine rings is 1. The number of amides is 1. The van der Waals surface area contributed by atoms with Crippen molar-refractivity contribution < 1.29 is 18.0 Å². The van der Waals surface area contributed by atoms with E-state index in [1.165, 1.54) is 10.6 Å². The Hall–Kier alpha value is -2.54. The number of imidazole rings is 1. The van der Waals surface area contributed by atoms with Crippen LogP contribution in [0.4, 0.5) is 13.2 Å². The fraction of sp³-hybridized carbons (Fsp3) is 0.222. The number of halogens is 4. The standard InChI is InChI=1S/C18H15ClF3N3O/c1-24(9-12-5-3-2-4-6-12)16(26)8-14-11-25-10-13(18(20,21)22)7-15(19)17(25)23-14/h2-7,10-11H,8-9H2,1H3. The molecule has 2 aromatic heterocycles.